The van der Waals surface area contributed by atoms with Gasteiger partial charge in [-0.25, -0.2) is 43.2 Å². The third-order valence-electron chi connectivity index (χ3n) is 12.1. The molecule has 22 heteroatoms. The molecule has 0 radical (unpaired) electrons. The molecule has 1 amide bonds. The minimum atomic E-state index is -3.95. The Morgan fingerprint density at radius 2 is 0.955 bits per heavy atom. The van der Waals surface area contributed by atoms with Crippen molar-refractivity contribution in [2.75, 3.05) is 52.4 Å². The number of ether oxygens (including phenoxy) is 1. The van der Waals surface area contributed by atoms with Crippen molar-refractivity contribution in [3.05, 3.63) is 109 Å². The van der Waals surface area contributed by atoms with Gasteiger partial charge in [0.15, 0.2) is 17.5 Å². The Balaban J connectivity index is 0.000000142. The van der Waals surface area contributed by atoms with E-state index in [1.54, 1.807) is 35.2 Å². The molecule has 7 heterocycles. The zero-order valence-corrected chi connectivity index (χ0v) is 39.0. The number of rotatable bonds is 5. The van der Waals surface area contributed by atoms with Gasteiger partial charge >= 0.3 is 6.09 Å². The van der Waals surface area contributed by atoms with E-state index in [1.165, 1.54) is 51.5 Å². The van der Waals surface area contributed by atoms with Crippen molar-refractivity contribution in [2.45, 2.75) is 41.1 Å². The lowest BCUT2D eigenvalue weighted by Crippen LogP contribution is -2.38. The number of hydrogen-bond acceptors (Lipinski definition) is 12. The molecule has 4 atom stereocenters. The minimum absolute atomic E-state index is 0.0255. The Kier molecular flexibility index (Phi) is 13.1. The summed E-state index contributed by atoms with van der Waals surface area (Å²) in [5, 5.41) is 4.80. The van der Waals surface area contributed by atoms with Crippen LogP contribution in [0, 0.1) is 41.1 Å². The summed E-state index contributed by atoms with van der Waals surface area (Å²) >= 11 is 0. The van der Waals surface area contributed by atoms with Crippen molar-refractivity contribution in [1.29, 1.82) is 0 Å². The number of nitrogens with one attached hydrogen (secondary N) is 1. The van der Waals surface area contributed by atoms with Crippen LogP contribution < -0.4 is 5.32 Å². The Morgan fingerprint density at radius 3 is 1.33 bits per heavy atom. The first-order valence-corrected chi connectivity index (χ1v) is 26.0. The van der Waals surface area contributed by atoms with E-state index in [-0.39, 0.29) is 48.8 Å². The van der Waals surface area contributed by atoms with Crippen LogP contribution in [-0.4, -0.2) is 118 Å². The van der Waals surface area contributed by atoms with Crippen LogP contribution in [0.2, 0.25) is 0 Å². The summed E-state index contributed by atoms with van der Waals surface area (Å²) in [4.78, 5) is 24.9. The lowest BCUT2D eigenvalue weighted by atomic mass is 10.0. The fourth-order valence-electron chi connectivity index (χ4n) is 9.02. The normalized spacial score (nSPS) is 21.3. The average molecular weight is 989 g/mol. The number of amides is 1. The molecule has 6 aromatic rings. The van der Waals surface area contributed by atoms with Gasteiger partial charge in [0.05, 0.1) is 33.3 Å². The molecular formula is C44H45ClF3N7O8S3. The second kappa shape index (κ2) is 18.2. The Hall–Kier alpha value is -5.03. The van der Waals surface area contributed by atoms with E-state index in [0.29, 0.717) is 67.3 Å². The molecule has 4 saturated heterocycles. The molecule has 0 unspecified atom stereocenters. The van der Waals surface area contributed by atoms with Crippen molar-refractivity contribution in [2.24, 2.45) is 23.7 Å². The first kappa shape index (κ1) is 47.5. The second-order valence-corrected chi connectivity index (χ2v) is 23.9. The number of benzene rings is 3. The predicted molar refractivity (Wildman–Crippen MR) is 240 cm³/mol. The van der Waals surface area contributed by atoms with Crippen LogP contribution >= 0.6 is 10.7 Å². The molecule has 4 aliphatic rings. The number of likely N-dealkylation sites (tertiary alicyclic amines) is 1. The van der Waals surface area contributed by atoms with Gasteiger partial charge in [-0.2, -0.15) is 8.61 Å². The van der Waals surface area contributed by atoms with Crippen LogP contribution in [0.15, 0.2) is 106 Å². The van der Waals surface area contributed by atoms with Crippen LogP contribution in [0.1, 0.15) is 20.8 Å². The number of pyridine rings is 3. The highest BCUT2D eigenvalue weighted by atomic mass is 35.7. The summed E-state index contributed by atoms with van der Waals surface area (Å²) in [5.41, 5.74) is -0.572. The minimum Gasteiger partial charge on any atom is -0.444 e. The molecule has 66 heavy (non-hydrogen) atoms. The van der Waals surface area contributed by atoms with E-state index in [0.717, 1.165) is 31.7 Å². The lowest BCUT2D eigenvalue weighted by Gasteiger charge is -2.26. The molecule has 0 saturated carbocycles. The molecular weight excluding hydrogens is 943 g/mol. The maximum atomic E-state index is 14.4. The Labute approximate surface area is 384 Å². The molecule has 3 aromatic carbocycles. The van der Waals surface area contributed by atoms with Crippen LogP contribution in [0.25, 0.3) is 32.3 Å². The molecule has 350 valence electrons. The molecule has 1 N–H and O–H groups in total. The van der Waals surface area contributed by atoms with Crippen molar-refractivity contribution in [3.8, 4) is 0 Å². The molecule has 0 bridgehead atoms. The van der Waals surface area contributed by atoms with Gasteiger partial charge < -0.3 is 15.0 Å². The average Bonchev–Trinajstić information content (AvgIpc) is 4.06. The highest BCUT2D eigenvalue weighted by Crippen LogP contribution is 2.38. The third-order valence-corrected chi connectivity index (χ3v) is 17.2. The topological polar surface area (TPSA) is 189 Å². The van der Waals surface area contributed by atoms with E-state index in [2.05, 4.69) is 20.3 Å². The zero-order valence-electron chi connectivity index (χ0n) is 35.8. The quantitative estimate of drug-likeness (QED) is 0.188. The number of carbonyl (C=O) groups is 1. The summed E-state index contributed by atoms with van der Waals surface area (Å²) in [6.07, 6.45) is 6.99. The lowest BCUT2D eigenvalue weighted by molar-refractivity contribution is 0.0278. The predicted octanol–water partition coefficient (Wildman–Crippen LogP) is 6.38. The number of fused-ring (bicyclic) bond motifs is 5. The number of carbonyl (C=O) groups excluding carboxylic acids is 1. The first-order valence-electron chi connectivity index (χ1n) is 20.8. The van der Waals surface area contributed by atoms with Crippen molar-refractivity contribution in [3.63, 3.8) is 0 Å². The van der Waals surface area contributed by atoms with Gasteiger partial charge in [-0.1, -0.05) is 36.4 Å². The third kappa shape index (κ3) is 9.56. The number of hydrogen-bond donors (Lipinski definition) is 1. The van der Waals surface area contributed by atoms with E-state index in [9.17, 15) is 43.2 Å². The van der Waals surface area contributed by atoms with Crippen molar-refractivity contribution >= 4 is 78.2 Å². The number of halogens is 4. The molecule has 15 nitrogen and oxygen atoms in total. The molecule has 4 fully saturated rings. The maximum Gasteiger partial charge on any atom is 0.410 e. The van der Waals surface area contributed by atoms with Crippen LogP contribution in [0.4, 0.5) is 18.0 Å². The monoisotopic (exact) mass is 987 g/mol. The summed E-state index contributed by atoms with van der Waals surface area (Å²) in [5.74, 6) is -1.16. The van der Waals surface area contributed by atoms with Gasteiger partial charge in [0, 0.05) is 101 Å². The highest BCUT2D eigenvalue weighted by Gasteiger charge is 2.47. The van der Waals surface area contributed by atoms with E-state index in [1.807, 2.05) is 20.8 Å². The van der Waals surface area contributed by atoms with E-state index < -0.39 is 52.2 Å². The summed E-state index contributed by atoms with van der Waals surface area (Å²) in [6, 6.07) is 13.8. The fourth-order valence-corrected chi connectivity index (χ4v) is 13.7. The van der Waals surface area contributed by atoms with Crippen LogP contribution in [0.3, 0.4) is 0 Å². The largest absolute Gasteiger partial charge is 0.444 e. The molecule has 3 aromatic heterocycles. The van der Waals surface area contributed by atoms with E-state index >= 15 is 0 Å². The highest BCUT2D eigenvalue weighted by molar-refractivity contribution is 8.14. The van der Waals surface area contributed by atoms with Crippen molar-refractivity contribution < 1.29 is 48.0 Å². The van der Waals surface area contributed by atoms with Gasteiger partial charge in [-0.15, -0.1) is 0 Å². The van der Waals surface area contributed by atoms with Gasteiger partial charge in [0.25, 0.3) is 9.05 Å². The molecule has 4 aliphatic heterocycles. The van der Waals surface area contributed by atoms with Gasteiger partial charge in [-0.3, -0.25) is 15.0 Å². The second-order valence-electron chi connectivity index (χ2n) is 17.6. The summed E-state index contributed by atoms with van der Waals surface area (Å²) in [6.45, 7) is 9.67. The Bertz CT molecular complexity index is 3160. The van der Waals surface area contributed by atoms with Crippen molar-refractivity contribution in [1.82, 2.24) is 33.8 Å². The number of aromatic nitrogens is 3. The fraction of sp³-hybridized carbons (Fsp3) is 0.364. The number of sulfonamides is 2. The Morgan fingerprint density at radius 1 is 0.591 bits per heavy atom. The SMILES string of the molecule is CC(C)(C)OC(=O)N1C[C@@H]2CN(S(=O)(=O)c3cccc4cncc(F)c34)C[C@@H]2C1.O=S(=O)(Cl)c1cccc2cncc(F)c12.O=S(=O)(c1cccc2cncc(F)c12)N1C[C@H]2CNC[C@H]2C1. The van der Waals surface area contributed by atoms with E-state index in [4.69, 9.17) is 15.4 Å². The van der Waals surface area contributed by atoms with Gasteiger partial charge in [-0.05, 0) is 75.7 Å². The molecule has 0 spiro atoms. The summed E-state index contributed by atoms with van der Waals surface area (Å²) in [7, 11) is -6.31. The zero-order chi connectivity index (χ0) is 47.3. The number of nitrogens with zero attached hydrogens (tertiary/aromatic N) is 6. The van der Waals surface area contributed by atoms with Crippen LogP contribution in [-0.2, 0) is 33.8 Å². The maximum absolute atomic E-state index is 14.4. The van der Waals surface area contributed by atoms with Gasteiger partial charge in [0.2, 0.25) is 20.0 Å². The standard InChI is InChI=1S/C20H24FN3O4S.C15H16FN3O2S.C9H5ClFNO2S/c1-20(2,3)28-19(25)23-9-14-11-24(12-15(14)10-23)29(26,27)17-6-4-5-13-7-22-8-16(21)18(13)17;16-13-7-18-4-10-2-1-3-14(15(10)13)22(20,21)19-8-11-5-17-6-12(11)9-19;10-15(13,14)8-3-1-2-6-4-12-5-7(11)9(6)8/h4-8,14-15H,9-12H2,1-3H3;1-4,7,11-12,17H,5-6,8-9H2;1-5H/t14-,15+;11-,12+;. The smallest absolute Gasteiger partial charge is 0.410 e. The first-order chi connectivity index (χ1) is 31.1. The van der Waals surface area contributed by atoms with Crippen LogP contribution in [0.5, 0.6) is 0 Å². The van der Waals surface area contributed by atoms with Gasteiger partial charge in [0.1, 0.15) is 5.60 Å². The molecule has 0 aliphatic carbocycles. The molecule has 10 rings (SSSR count). The summed E-state index contributed by atoms with van der Waals surface area (Å²) < 4.78 is 125.